The van der Waals surface area contributed by atoms with E-state index in [1.165, 1.54) is 6.20 Å². The van der Waals surface area contributed by atoms with Gasteiger partial charge >= 0.3 is 6.18 Å². The molecule has 0 saturated heterocycles. The van der Waals surface area contributed by atoms with Crippen LogP contribution in [0.25, 0.3) is 0 Å². The van der Waals surface area contributed by atoms with Crippen molar-refractivity contribution < 1.29 is 13.2 Å². The summed E-state index contributed by atoms with van der Waals surface area (Å²) in [7, 11) is 0. The largest absolute Gasteiger partial charge is 0.419 e. The molecule has 0 spiro atoms. The van der Waals surface area contributed by atoms with E-state index in [-0.39, 0.29) is 11.9 Å². The first kappa shape index (κ1) is 15.2. The Morgan fingerprint density at radius 2 is 2.17 bits per heavy atom. The third-order valence-corrected chi connectivity index (χ3v) is 2.72. The van der Waals surface area contributed by atoms with Gasteiger partial charge in [0.2, 0.25) is 0 Å². The van der Waals surface area contributed by atoms with Crippen molar-refractivity contribution in [2.24, 2.45) is 5.73 Å². The molecule has 0 aliphatic carbocycles. The quantitative estimate of drug-likeness (QED) is 0.816. The van der Waals surface area contributed by atoms with Crippen molar-refractivity contribution in [3.05, 3.63) is 22.3 Å². The maximum Gasteiger partial charge on any atom is 0.419 e. The molecule has 0 aliphatic rings. The number of anilines is 1. The summed E-state index contributed by atoms with van der Waals surface area (Å²) in [6.45, 7) is 2.28. The first-order chi connectivity index (χ1) is 8.30. The SMILES string of the molecule is CC(N)CCCNc1ncc(Br)cc1C(F)(F)F. The van der Waals surface area contributed by atoms with Gasteiger partial charge in [0.1, 0.15) is 5.82 Å². The van der Waals surface area contributed by atoms with Crippen molar-refractivity contribution >= 4 is 21.7 Å². The summed E-state index contributed by atoms with van der Waals surface area (Å²) in [5.41, 5.74) is 4.80. The molecule has 3 N–H and O–H groups in total. The summed E-state index contributed by atoms with van der Waals surface area (Å²) in [4.78, 5) is 3.75. The molecule has 0 aliphatic heterocycles. The van der Waals surface area contributed by atoms with Crippen LogP contribution < -0.4 is 11.1 Å². The predicted octanol–water partition coefficient (Wildman–Crippen LogP) is 3.40. The van der Waals surface area contributed by atoms with E-state index in [1.807, 2.05) is 6.92 Å². The van der Waals surface area contributed by atoms with E-state index in [1.54, 1.807) is 0 Å². The number of halogens is 4. The molecule has 0 radical (unpaired) electrons. The van der Waals surface area contributed by atoms with Crippen molar-refractivity contribution in [2.75, 3.05) is 11.9 Å². The van der Waals surface area contributed by atoms with Gasteiger partial charge < -0.3 is 11.1 Å². The molecule has 1 atom stereocenters. The van der Waals surface area contributed by atoms with Gasteiger partial charge in [0.15, 0.2) is 0 Å². The van der Waals surface area contributed by atoms with Gasteiger partial charge in [-0.15, -0.1) is 0 Å². The highest BCUT2D eigenvalue weighted by atomic mass is 79.9. The maximum absolute atomic E-state index is 12.7. The van der Waals surface area contributed by atoms with Crippen LogP contribution in [0.1, 0.15) is 25.3 Å². The number of nitrogens with zero attached hydrogens (tertiary/aromatic N) is 1. The third-order valence-electron chi connectivity index (χ3n) is 2.29. The fraction of sp³-hybridized carbons (Fsp3) is 0.545. The normalized spacial score (nSPS) is 13.4. The van der Waals surface area contributed by atoms with Gasteiger partial charge in [-0.25, -0.2) is 4.98 Å². The second kappa shape index (κ2) is 6.38. The summed E-state index contributed by atoms with van der Waals surface area (Å²) in [6.07, 6.45) is -1.62. The second-order valence-corrected chi connectivity index (χ2v) is 5.01. The molecule has 1 rings (SSSR count). The number of nitrogens with one attached hydrogen (secondary N) is 1. The van der Waals surface area contributed by atoms with E-state index in [4.69, 9.17) is 5.73 Å². The highest BCUT2D eigenvalue weighted by Gasteiger charge is 2.34. The first-order valence-electron chi connectivity index (χ1n) is 5.53. The second-order valence-electron chi connectivity index (χ2n) is 4.09. The fourth-order valence-corrected chi connectivity index (χ4v) is 1.76. The highest BCUT2D eigenvalue weighted by molar-refractivity contribution is 9.10. The topological polar surface area (TPSA) is 50.9 Å². The molecule has 0 saturated carbocycles. The molecular weight excluding hydrogens is 311 g/mol. The van der Waals surface area contributed by atoms with Crippen molar-refractivity contribution in [2.45, 2.75) is 32.0 Å². The van der Waals surface area contributed by atoms with E-state index >= 15 is 0 Å². The van der Waals surface area contributed by atoms with Crippen LogP contribution in [0.5, 0.6) is 0 Å². The van der Waals surface area contributed by atoms with Crippen LogP contribution in [0.4, 0.5) is 19.0 Å². The number of hydrogen-bond acceptors (Lipinski definition) is 3. The summed E-state index contributed by atoms with van der Waals surface area (Å²) in [5.74, 6) is -0.143. The van der Waals surface area contributed by atoms with Crippen LogP contribution in [0.2, 0.25) is 0 Å². The number of rotatable bonds is 5. The summed E-state index contributed by atoms with van der Waals surface area (Å²) >= 11 is 2.98. The highest BCUT2D eigenvalue weighted by Crippen LogP contribution is 2.35. The molecule has 0 amide bonds. The standard InChI is InChI=1S/C11H15BrF3N3/c1-7(16)3-2-4-17-10-9(11(13,14)15)5-8(12)6-18-10/h5-7H,2-4,16H2,1H3,(H,17,18). The predicted molar refractivity (Wildman–Crippen MR) is 68.3 cm³/mol. The van der Waals surface area contributed by atoms with Crippen molar-refractivity contribution in [3.8, 4) is 0 Å². The Balaban J connectivity index is 2.70. The lowest BCUT2D eigenvalue weighted by Gasteiger charge is -2.14. The molecule has 1 aromatic rings. The zero-order valence-corrected chi connectivity index (χ0v) is 11.5. The summed E-state index contributed by atoms with van der Waals surface area (Å²) < 4.78 is 38.5. The van der Waals surface area contributed by atoms with Crippen molar-refractivity contribution in [1.82, 2.24) is 4.98 Å². The monoisotopic (exact) mass is 325 g/mol. The maximum atomic E-state index is 12.7. The minimum atomic E-state index is -4.42. The minimum Gasteiger partial charge on any atom is -0.370 e. The molecule has 0 fully saturated rings. The minimum absolute atomic E-state index is 0.0479. The number of alkyl halides is 3. The number of pyridine rings is 1. The van der Waals surface area contributed by atoms with Crippen LogP contribution in [-0.2, 0) is 6.18 Å². The van der Waals surface area contributed by atoms with E-state index in [0.717, 1.165) is 12.5 Å². The van der Waals surface area contributed by atoms with E-state index in [2.05, 4.69) is 26.2 Å². The molecule has 18 heavy (non-hydrogen) atoms. The van der Waals surface area contributed by atoms with E-state index in [0.29, 0.717) is 17.4 Å². The first-order valence-corrected chi connectivity index (χ1v) is 6.32. The third kappa shape index (κ3) is 4.81. The zero-order valence-electron chi connectivity index (χ0n) is 9.89. The van der Waals surface area contributed by atoms with Crippen molar-refractivity contribution in [3.63, 3.8) is 0 Å². The lowest BCUT2D eigenvalue weighted by molar-refractivity contribution is -0.137. The fourth-order valence-electron chi connectivity index (χ4n) is 1.43. The molecule has 1 unspecified atom stereocenters. The average Bonchev–Trinajstić information content (AvgIpc) is 2.24. The van der Waals surface area contributed by atoms with Gasteiger partial charge in [0.25, 0.3) is 0 Å². The summed E-state index contributed by atoms with van der Waals surface area (Å²) in [5, 5.41) is 2.69. The Kier molecular flexibility index (Phi) is 5.40. The lowest BCUT2D eigenvalue weighted by Crippen LogP contribution is -2.17. The molecule has 1 aromatic heterocycles. The van der Waals surface area contributed by atoms with Crippen LogP contribution in [0.3, 0.4) is 0 Å². The van der Waals surface area contributed by atoms with Crippen molar-refractivity contribution in [1.29, 1.82) is 0 Å². The van der Waals surface area contributed by atoms with Crippen LogP contribution in [-0.4, -0.2) is 17.6 Å². The number of hydrogen-bond donors (Lipinski definition) is 2. The molecule has 102 valence electrons. The van der Waals surface area contributed by atoms with Gasteiger partial charge in [-0.05, 0) is 41.8 Å². The van der Waals surface area contributed by atoms with Gasteiger partial charge in [0.05, 0.1) is 5.56 Å². The Morgan fingerprint density at radius 3 is 2.72 bits per heavy atom. The number of nitrogens with two attached hydrogens (primary N) is 1. The molecule has 1 heterocycles. The van der Waals surface area contributed by atoms with E-state index < -0.39 is 11.7 Å². The average molecular weight is 326 g/mol. The molecule has 0 aromatic carbocycles. The van der Waals surface area contributed by atoms with E-state index in [9.17, 15) is 13.2 Å². The van der Waals surface area contributed by atoms with Gasteiger partial charge in [-0.2, -0.15) is 13.2 Å². The van der Waals surface area contributed by atoms with Crippen LogP contribution in [0, 0.1) is 0 Å². The Labute approximate surface area is 112 Å². The lowest BCUT2D eigenvalue weighted by atomic mass is 10.2. The molecule has 7 heteroatoms. The smallest absolute Gasteiger partial charge is 0.370 e. The Morgan fingerprint density at radius 1 is 1.50 bits per heavy atom. The number of aromatic nitrogens is 1. The van der Waals surface area contributed by atoms with Gasteiger partial charge in [-0.3, -0.25) is 0 Å². The Bertz CT molecular complexity index is 394. The van der Waals surface area contributed by atoms with Crippen LogP contribution >= 0.6 is 15.9 Å². The van der Waals surface area contributed by atoms with Gasteiger partial charge in [-0.1, -0.05) is 0 Å². The Hall–Kier alpha value is -0.820. The molecule has 3 nitrogen and oxygen atoms in total. The molecule has 0 bridgehead atoms. The molecular formula is C11H15BrF3N3. The summed E-state index contributed by atoms with van der Waals surface area (Å²) in [6, 6.07) is 1.06. The van der Waals surface area contributed by atoms with Crippen LogP contribution in [0.15, 0.2) is 16.7 Å². The zero-order chi connectivity index (χ0) is 13.8. The van der Waals surface area contributed by atoms with Gasteiger partial charge in [0, 0.05) is 23.3 Å².